The molecule has 0 unspecified atom stereocenters. The molecule has 0 aliphatic carbocycles. The zero-order valence-electron chi connectivity index (χ0n) is 9.48. The molecule has 0 aliphatic rings. The van der Waals surface area contributed by atoms with E-state index in [2.05, 4.69) is 5.32 Å². The minimum atomic E-state index is -1.52. The van der Waals surface area contributed by atoms with E-state index >= 15 is 0 Å². The van der Waals surface area contributed by atoms with E-state index in [0.717, 1.165) is 0 Å². The zero-order chi connectivity index (χ0) is 14.2. The third kappa shape index (κ3) is 2.40. The Hall–Kier alpha value is -2.44. The topological polar surface area (TPSA) is 64.1 Å². The van der Waals surface area contributed by atoms with Crippen LogP contribution in [0.25, 0.3) is 0 Å². The maximum absolute atomic E-state index is 13.4. The Morgan fingerprint density at radius 2 is 1.37 bits per heavy atom. The SMILES string of the molecule is Nc1ccc(Nc2c(F)c(F)cc(F)c2F)cc1N. The summed E-state index contributed by atoms with van der Waals surface area (Å²) in [6.45, 7) is 0. The third-order valence-electron chi connectivity index (χ3n) is 2.47. The molecule has 19 heavy (non-hydrogen) atoms. The minimum Gasteiger partial charge on any atom is -0.397 e. The van der Waals surface area contributed by atoms with Crippen molar-refractivity contribution in [1.82, 2.24) is 0 Å². The fourth-order valence-electron chi connectivity index (χ4n) is 1.48. The molecule has 100 valence electrons. The second-order valence-corrected chi connectivity index (χ2v) is 3.81. The minimum absolute atomic E-state index is 0.132. The first kappa shape index (κ1) is 13.0. The van der Waals surface area contributed by atoms with Gasteiger partial charge in [0.05, 0.1) is 11.4 Å². The molecule has 2 aromatic rings. The van der Waals surface area contributed by atoms with Crippen molar-refractivity contribution in [2.45, 2.75) is 0 Å². The number of benzene rings is 2. The lowest BCUT2D eigenvalue weighted by molar-refractivity contribution is 0.459. The van der Waals surface area contributed by atoms with Crippen molar-refractivity contribution in [2.75, 3.05) is 16.8 Å². The molecule has 5 N–H and O–H groups in total. The Morgan fingerprint density at radius 1 is 0.789 bits per heavy atom. The monoisotopic (exact) mass is 271 g/mol. The second kappa shape index (κ2) is 4.68. The van der Waals surface area contributed by atoms with Crippen molar-refractivity contribution >= 4 is 22.7 Å². The number of nitrogen functional groups attached to an aromatic ring is 2. The highest BCUT2D eigenvalue weighted by atomic mass is 19.2. The number of hydrogen-bond donors (Lipinski definition) is 3. The van der Waals surface area contributed by atoms with E-state index in [-0.39, 0.29) is 23.1 Å². The van der Waals surface area contributed by atoms with Gasteiger partial charge in [-0.25, -0.2) is 17.6 Å². The van der Waals surface area contributed by atoms with Gasteiger partial charge in [0, 0.05) is 11.8 Å². The van der Waals surface area contributed by atoms with E-state index in [0.29, 0.717) is 0 Å². The van der Waals surface area contributed by atoms with Gasteiger partial charge in [-0.2, -0.15) is 0 Å². The molecular weight excluding hydrogens is 262 g/mol. The normalized spacial score (nSPS) is 10.5. The molecule has 0 fully saturated rings. The van der Waals surface area contributed by atoms with E-state index in [1.54, 1.807) is 0 Å². The predicted octanol–water partition coefficient (Wildman–Crippen LogP) is 3.15. The van der Waals surface area contributed by atoms with Crippen LogP contribution in [-0.4, -0.2) is 0 Å². The highest BCUT2D eigenvalue weighted by Crippen LogP contribution is 2.29. The standard InChI is InChI=1S/C12H9F4N3/c13-6-4-7(14)11(16)12(10(6)15)19-5-1-2-8(17)9(18)3-5/h1-4,19H,17-18H2. The van der Waals surface area contributed by atoms with Crippen LogP contribution in [0.3, 0.4) is 0 Å². The van der Waals surface area contributed by atoms with E-state index in [9.17, 15) is 17.6 Å². The Morgan fingerprint density at radius 3 is 1.89 bits per heavy atom. The zero-order valence-corrected chi connectivity index (χ0v) is 9.48. The molecule has 0 radical (unpaired) electrons. The average Bonchev–Trinajstić information content (AvgIpc) is 2.36. The Bertz CT molecular complexity index is 617. The first-order valence-corrected chi connectivity index (χ1v) is 5.15. The molecule has 0 amide bonds. The fourth-order valence-corrected chi connectivity index (χ4v) is 1.48. The second-order valence-electron chi connectivity index (χ2n) is 3.81. The number of nitrogens with one attached hydrogen (secondary N) is 1. The lowest BCUT2D eigenvalue weighted by Gasteiger charge is -2.11. The van der Waals surface area contributed by atoms with Gasteiger partial charge in [-0.3, -0.25) is 0 Å². The van der Waals surface area contributed by atoms with Crippen molar-refractivity contribution in [1.29, 1.82) is 0 Å². The van der Waals surface area contributed by atoms with Crippen molar-refractivity contribution < 1.29 is 17.6 Å². The van der Waals surface area contributed by atoms with Gasteiger partial charge in [-0.15, -0.1) is 0 Å². The van der Waals surface area contributed by atoms with Crippen molar-refractivity contribution in [3.8, 4) is 0 Å². The summed E-state index contributed by atoms with van der Waals surface area (Å²) in [4.78, 5) is 0. The summed E-state index contributed by atoms with van der Waals surface area (Å²) in [5, 5.41) is 2.22. The summed E-state index contributed by atoms with van der Waals surface area (Å²) >= 11 is 0. The molecule has 2 rings (SSSR count). The quantitative estimate of drug-likeness (QED) is 0.446. The molecule has 0 saturated heterocycles. The van der Waals surface area contributed by atoms with Crippen molar-refractivity contribution in [2.24, 2.45) is 0 Å². The van der Waals surface area contributed by atoms with Gasteiger partial charge in [0.15, 0.2) is 23.3 Å². The lowest BCUT2D eigenvalue weighted by atomic mass is 10.2. The molecule has 0 bridgehead atoms. The van der Waals surface area contributed by atoms with Gasteiger partial charge in [0.1, 0.15) is 5.69 Å². The maximum atomic E-state index is 13.4. The largest absolute Gasteiger partial charge is 0.397 e. The summed E-state index contributed by atoms with van der Waals surface area (Å²) in [6.07, 6.45) is 0. The molecule has 0 heterocycles. The summed E-state index contributed by atoms with van der Waals surface area (Å²) in [5.41, 5.74) is 10.6. The van der Waals surface area contributed by atoms with Gasteiger partial charge in [0.2, 0.25) is 0 Å². The molecule has 7 heteroatoms. The number of rotatable bonds is 2. The molecule has 3 nitrogen and oxygen atoms in total. The number of nitrogens with two attached hydrogens (primary N) is 2. The van der Waals surface area contributed by atoms with Crippen LogP contribution in [0.2, 0.25) is 0 Å². The lowest BCUT2D eigenvalue weighted by Crippen LogP contribution is -2.03. The van der Waals surface area contributed by atoms with Gasteiger partial charge in [-0.1, -0.05) is 0 Å². The van der Waals surface area contributed by atoms with Gasteiger partial charge < -0.3 is 16.8 Å². The first-order chi connectivity index (χ1) is 8.90. The Labute approximate surface area is 105 Å². The summed E-state index contributed by atoms with van der Waals surface area (Å²) in [7, 11) is 0. The van der Waals surface area contributed by atoms with Crippen LogP contribution >= 0.6 is 0 Å². The third-order valence-corrected chi connectivity index (χ3v) is 2.47. The highest BCUT2D eigenvalue weighted by Gasteiger charge is 2.19. The van der Waals surface area contributed by atoms with Gasteiger partial charge in [0.25, 0.3) is 0 Å². The van der Waals surface area contributed by atoms with E-state index in [4.69, 9.17) is 11.5 Å². The van der Waals surface area contributed by atoms with E-state index in [1.165, 1.54) is 18.2 Å². The van der Waals surface area contributed by atoms with Crippen LogP contribution in [0.15, 0.2) is 24.3 Å². The van der Waals surface area contributed by atoms with Crippen molar-refractivity contribution in [3.05, 3.63) is 47.5 Å². The van der Waals surface area contributed by atoms with Crippen LogP contribution in [0.4, 0.5) is 40.3 Å². The molecule has 0 saturated carbocycles. The van der Waals surface area contributed by atoms with E-state index in [1.807, 2.05) is 0 Å². The summed E-state index contributed by atoms with van der Waals surface area (Å²) in [6, 6.07) is 4.18. The van der Waals surface area contributed by atoms with Crippen molar-refractivity contribution in [3.63, 3.8) is 0 Å². The van der Waals surface area contributed by atoms with Crippen LogP contribution < -0.4 is 16.8 Å². The van der Waals surface area contributed by atoms with E-state index < -0.39 is 29.0 Å². The average molecular weight is 271 g/mol. The molecular formula is C12H9F4N3. The molecule has 0 aromatic heterocycles. The molecule has 0 spiro atoms. The number of halogens is 4. The Kier molecular flexibility index (Phi) is 3.20. The van der Waals surface area contributed by atoms with Gasteiger partial charge in [-0.05, 0) is 18.2 Å². The van der Waals surface area contributed by atoms with Crippen LogP contribution in [-0.2, 0) is 0 Å². The smallest absolute Gasteiger partial charge is 0.185 e. The summed E-state index contributed by atoms with van der Waals surface area (Å²) in [5.74, 6) is -6.03. The van der Waals surface area contributed by atoms with Crippen LogP contribution in [0, 0.1) is 23.3 Å². The fraction of sp³-hybridized carbons (Fsp3) is 0. The van der Waals surface area contributed by atoms with Crippen LogP contribution in [0.5, 0.6) is 0 Å². The number of anilines is 4. The Balaban J connectivity index is 2.46. The predicted molar refractivity (Wildman–Crippen MR) is 64.8 cm³/mol. The molecule has 0 aliphatic heterocycles. The summed E-state index contributed by atoms with van der Waals surface area (Å²) < 4.78 is 52.8. The molecule has 2 aromatic carbocycles. The van der Waals surface area contributed by atoms with Gasteiger partial charge >= 0.3 is 0 Å². The number of hydrogen-bond acceptors (Lipinski definition) is 3. The highest BCUT2D eigenvalue weighted by molar-refractivity contribution is 5.72. The molecule has 0 atom stereocenters. The maximum Gasteiger partial charge on any atom is 0.185 e. The first-order valence-electron chi connectivity index (χ1n) is 5.15. The van der Waals surface area contributed by atoms with Crippen LogP contribution in [0.1, 0.15) is 0 Å².